The maximum atomic E-state index is 4.88. The van der Waals surface area contributed by atoms with E-state index in [1.165, 1.54) is 23.5 Å². The molecule has 1 aromatic carbocycles. The zero-order chi connectivity index (χ0) is 13.9. The maximum Gasteiger partial charge on any atom is 0.112 e. The minimum atomic E-state index is 0.421. The number of nitrogens with zero attached hydrogens (tertiary/aromatic N) is 3. The highest BCUT2D eigenvalue weighted by molar-refractivity contribution is 7.10. The van der Waals surface area contributed by atoms with Crippen molar-refractivity contribution in [3.05, 3.63) is 40.7 Å². The third-order valence-electron chi connectivity index (χ3n) is 3.94. The highest BCUT2D eigenvalue weighted by Crippen LogP contribution is 2.29. The van der Waals surface area contributed by atoms with Crippen molar-refractivity contribution in [2.24, 2.45) is 0 Å². The number of aromatic nitrogens is 1. The molecule has 1 aromatic heterocycles. The average Bonchev–Trinajstić information content (AvgIpc) is 2.88. The van der Waals surface area contributed by atoms with Gasteiger partial charge in [-0.3, -0.25) is 4.90 Å². The smallest absolute Gasteiger partial charge is 0.112 e. The van der Waals surface area contributed by atoms with E-state index in [9.17, 15) is 0 Å². The Balaban J connectivity index is 1.85. The van der Waals surface area contributed by atoms with Gasteiger partial charge in [0.25, 0.3) is 0 Å². The van der Waals surface area contributed by atoms with E-state index in [-0.39, 0.29) is 0 Å². The van der Waals surface area contributed by atoms with Gasteiger partial charge in [-0.15, -0.1) is 11.3 Å². The monoisotopic (exact) mass is 287 g/mol. The SMILES string of the molecule is CN1CCCN(C)C(c2nc(-c3ccccc3)cs2)C1. The Morgan fingerprint density at radius 3 is 2.75 bits per heavy atom. The second-order valence-electron chi connectivity index (χ2n) is 5.55. The van der Waals surface area contributed by atoms with E-state index in [1.54, 1.807) is 11.3 Å². The molecular formula is C16H21N3S. The molecule has 20 heavy (non-hydrogen) atoms. The van der Waals surface area contributed by atoms with Crippen LogP contribution in [0.3, 0.4) is 0 Å². The first-order chi connectivity index (χ1) is 9.74. The lowest BCUT2D eigenvalue weighted by molar-refractivity contribution is 0.228. The van der Waals surface area contributed by atoms with Crippen LogP contribution < -0.4 is 0 Å². The van der Waals surface area contributed by atoms with Gasteiger partial charge in [-0.1, -0.05) is 30.3 Å². The first-order valence-electron chi connectivity index (χ1n) is 7.13. The molecular weight excluding hydrogens is 266 g/mol. The summed E-state index contributed by atoms with van der Waals surface area (Å²) in [6, 6.07) is 10.9. The van der Waals surface area contributed by atoms with Crippen LogP contribution in [0.25, 0.3) is 11.3 Å². The Kier molecular flexibility index (Phi) is 4.15. The summed E-state index contributed by atoms with van der Waals surface area (Å²) < 4.78 is 0. The van der Waals surface area contributed by atoms with Gasteiger partial charge in [0.1, 0.15) is 5.01 Å². The summed E-state index contributed by atoms with van der Waals surface area (Å²) in [6.07, 6.45) is 1.24. The van der Waals surface area contributed by atoms with Crippen molar-refractivity contribution in [3.8, 4) is 11.3 Å². The topological polar surface area (TPSA) is 19.4 Å². The Morgan fingerprint density at radius 2 is 1.95 bits per heavy atom. The molecule has 2 aromatic rings. The van der Waals surface area contributed by atoms with Crippen LogP contribution in [0.1, 0.15) is 17.5 Å². The number of hydrogen-bond acceptors (Lipinski definition) is 4. The molecule has 2 heterocycles. The molecule has 0 spiro atoms. The highest BCUT2D eigenvalue weighted by Gasteiger charge is 2.24. The van der Waals surface area contributed by atoms with Gasteiger partial charge in [-0.2, -0.15) is 0 Å². The van der Waals surface area contributed by atoms with Crippen LogP contribution in [0.5, 0.6) is 0 Å². The summed E-state index contributed by atoms with van der Waals surface area (Å²) in [7, 11) is 4.42. The quantitative estimate of drug-likeness (QED) is 0.846. The van der Waals surface area contributed by atoms with Crippen molar-refractivity contribution in [2.45, 2.75) is 12.5 Å². The fourth-order valence-electron chi connectivity index (χ4n) is 2.72. The van der Waals surface area contributed by atoms with E-state index in [0.717, 1.165) is 18.8 Å². The molecule has 3 rings (SSSR count). The third-order valence-corrected chi connectivity index (χ3v) is 4.89. The van der Waals surface area contributed by atoms with Crippen LogP contribution in [0, 0.1) is 0 Å². The van der Waals surface area contributed by atoms with Crippen LogP contribution in [0.15, 0.2) is 35.7 Å². The van der Waals surface area contributed by atoms with Gasteiger partial charge in [0, 0.05) is 17.5 Å². The number of thiazole rings is 1. The Morgan fingerprint density at radius 1 is 1.15 bits per heavy atom. The molecule has 106 valence electrons. The van der Waals surface area contributed by atoms with E-state index in [0.29, 0.717) is 6.04 Å². The normalized spacial score (nSPS) is 21.8. The Bertz CT molecular complexity index is 552. The largest absolute Gasteiger partial charge is 0.304 e. The lowest BCUT2D eigenvalue weighted by Crippen LogP contribution is -2.30. The van der Waals surface area contributed by atoms with Crippen LogP contribution in [-0.4, -0.2) is 48.5 Å². The highest BCUT2D eigenvalue weighted by atomic mass is 32.1. The number of benzene rings is 1. The predicted octanol–water partition coefficient (Wildman–Crippen LogP) is 3.12. The van der Waals surface area contributed by atoms with Gasteiger partial charge in [0.2, 0.25) is 0 Å². The van der Waals surface area contributed by atoms with Crippen LogP contribution in [0.2, 0.25) is 0 Å². The Labute approximate surface area is 124 Å². The maximum absolute atomic E-state index is 4.88. The van der Waals surface area contributed by atoms with E-state index in [2.05, 4.69) is 53.5 Å². The molecule has 1 saturated heterocycles. The fourth-order valence-corrected chi connectivity index (χ4v) is 3.70. The minimum Gasteiger partial charge on any atom is -0.304 e. The first-order valence-corrected chi connectivity index (χ1v) is 8.01. The predicted molar refractivity (Wildman–Crippen MR) is 85.0 cm³/mol. The lowest BCUT2D eigenvalue weighted by Gasteiger charge is -2.25. The van der Waals surface area contributed by atoms with E-state index < -0.39 is 0 Å². The van der Waals surface area contributed by atoms with Crippen LogP contribution in [0.4, 0.5) is 0 Å². The van der Waals surface area contributed by atoms with Gasteiger partial charge in [0.15, 0.2) is 0 Å². The Hall–Kier alpha value is -1.23. The molecule has 1 atom stereocenters. The molecule has 3 nitrogen and oxygen atoms in total. The molecule has 1 aliphatic rings. The zero-order valence-electron chi connectivity index (χ0n) is 12.1. The molecule has 1 fully saturated rings. The number of likely N-dealkylation sites (N-methyl/N-ethyl adjacent to an activating group) is 2. The summed E-state index contributed by atoms with van der Waals surface area (Å²) in [4.78, 5) is 9.74. The van der Waals surface area contributed by atoms with Gasteiger partial charge < -0.3 is 4.90 Å². The molecule has 0 amide bonds. The third kappa shape index (κ3) is 2.92. The molecule has 1 aliphatic heterocycles. The van der Waals surface area contributed by atoms with Gasteiger partial charge in [-0.25, -0.2) is 4.98 Å². The molecule has 0 N–H and O–H groups in total. The molecule has 0 radical (unpaired) electrons. The van der Waals surface area contributed by atoms with E-state index >= 15 is 0 Å². The van der Waals surface area contributed by atoms with Gasteiger partial charge >= 0.3 is 0 Å². The van der Waals surface area contributed by atoms with Gasteiger partial charge in [0.05, 0.1) is 11.7 Å². The number of hydrogen-bond donors (Lipinski definition) is 0. The molecule has 0 bridgehead atoms. The molecule has 0 saturated carbocycles. The molecule has 0 aliphatic carbocycles. The van der Waals surface area contributed by atoms with Gasteiger partial charge in [-0.05, 0) is 33.6 Å². The fraction of sp³-hybridized carbons (Fsp3) is 0.438. The summed E-state index contributed by atoms with van der Waals surface area (Å²) in [5.74, 6) is 0. The summed E-state index contributed by atoms with van der Waals surface area (Å²) in [5, 5.41) is 3.42. The van der Waals surface area contributed by atoms with Crippen molar-refractivity contribution in [1.29, 1.82) is 0 Å². The minimum absolute atomic E-state index is 0.421. The van der Waals surface area contributed by atoms with E-state index in [4.69, 9.17) is 4.98 Å². The zero-order valence-corrected chi connectivity index (χ0v) is 12.9. The van der Waals surface area contributed by atoms with Crippen molar-refractivity contribution >= 4 is 11.3 Å². The molecule has 1 unspecified atom stereocenters. The van der Waals surface area contributed by atoms with E-state index in [1.807, 2.05) is 6.07 Å². The van der Waals surface area contributed by atoms with Crippen LogP contribution >= 0.6 is 11.3 Å². The lowest BCUT2D eigenvalue weighted by atomic mass is 10.2. The van der Waals surface area contributed by atoms with Crippen molar-refractivity contribution in [2.75, 3.05) is 33.7 Å². The second-order valence-corrected chi connectivity index (χ2v) is 6.44. The van der Waals surface area contributed by atoms with Crippen LogP contribution in [-0.2, 0) is 0 Å². The second kappa shape index (κ2) is 6.04. The van der Waals surface area contributed by atoms with Crippen molar-refractivity contribution < 1.29 is 0 Å². The summed E-state index contributed by atoms with van der Waals surface area (Å²) in [5.41, 5.74) is 2.31. The molecule has 4 heteroatoms. The summed E-state index contributed by atoms with van der Waals surface area (Å²) in [6.45, 7) is 3.39. The van der Waals surface area contributed by atoms with Crippen molar-refractivity contribution in [3.63, 3.8) is 0 Å². The summed E-state index contributed by atoms with van der Waals surface area (Å²) >= 11 is 1.79. The average molecular weight is 287 g/mol. The van der Waals surface area contributed by atoms with Crippen molar-refractivity contribution in [1.82, 2.24) is 14.8 Å². The number of rotatable bonds is 2. The standard InChI is InChI=1S/C16H21N3S/c1-18-9-6-10-19(2)15(11-18)16-17-14(12-20-16)13-7-4-3-5-8-13/h3-5,7-8,12,15H,6,9-11H2,1-2H3. The first kappa shape index (κ1) is 13.7.